The molecule has 2 aliphatic heterocycles. The largest absolute Gasteiger partial charge is 0.483 e. The fourth-order valence-electron chi connectivity index (χ4n) is 4.47. The van der Waals surface area contributed by atoms with Crippen LogP contribution in [0.2, 0.25) is 0 Å². The molecule has 2 atom stereocenters. The minimum Gasteiger partial charge on any atom is -0.483 e. The molecule has 2 aromatic rings. The van der Waals surface area contributed by atoms with Crippen molar-refractivity contribution in [3.8, 4) is 0 Å². The summed E-state index contributed by atoms with van der Waals surface area (Å²) in [6.07, 6.45) is 5.37. The van der Waals surface area contributed by atoms with E-state index in [4.69, 9.17) is 23.6 Å². The van der Waals surface area contributed by atoms with Gasteiger partial charge in [0.1, 0.15) is 11.5 Å². The third-order valence-electron chi connectivity index (χ3n) is 5.89. The highest BCUT2D eigenvalue weighted by atomic mass is 16.5. The molecule has 0 bridgehead atoms. The number of nitrogens with zero attached hydrogens (tertiary/aromatic N) is 3. The summed E-state index contributed by atoms with van der Waals surface area (Å²) in [4.78, 5) is 13.5. The minimum atomic E-state index is -0.250. The van der Waals surface area contributed by atoms with E-state index in [9.17, 15) is 0 Å². The number of furan rings is 1. The standard InChI is InChI=1S/C20H29N3O3.CH2O2/c1-15-10-19(26-21-15)11-16-12-23(14-20(16)24-2)17-5-7-22(8-6-17)13-18-4-3-9-25-18;2-1-3/h3-4,9-10,16-17,20H,5-8,11-14H2,1-2H3;1H,(H,2,3)/t16-,20+;/m1./s1. The Bertz CT molecular complexity index is 725. The molecule has 0 spiro atoms. The lowest BCUT2D eigenvalue weighted by atomic mass is 10.00. The summed E-state index contributed by atoms with van der Waals surface area (Å²) in [5.74, 6) is 2.52. The Morgan fingerprint density at radius 1 is 1.31 bits per heavy atom. The number of aryl methyl sites for hydroxylation is 1. The van der Waals surface area contributed by atoms with Gasteiger partial charge in [-0.05, 0) is 31.9 Å². The molecule has 2 aromatic heterocycles. The molecule has 2 fully saturated rings. The van der Waals surface area contributed by atoms with E-state index >= 15 is 0 Å². The monoisotopic (exact) mass is 405 g/mol. The lowest BCUT2D eigenvalue weighted by Crippen LogP contribution is -2.44. The van der Waals surface area contributed by atoms with Crippen molar-refractivity contribution in [2.45, 2.75) is 44.9 Å². The molecule has 2 saturated heterocycles. The zero-order valence-corrected chi connectivity index (χ0v) is 17.2. The molecular weight excluding hydrogens is 374 g/mol. The van der Waals surface area contributed by atoms with Crippen molar-refractivity contribution >= 4 is 6.47 Å². The average molecular weight is 405 g/mol. The van der Waals surface area contributed by atoms with E-state index < -0.39 is 0 Å². The number of carboxylic acid groups (broad SMARTS) is 1. The van der Waals surface area contributed by atoms with Crippen LogP contribution in [0.1, 0.15) is 30.1 Å². The summed E-state index contributed by atoms with van der Waals surface area (Å²) < 4.78 is 16.7. The lowest BCUT2D eigenvalue weighted by Gasteiger charge is -2.36. The van der Waals surface area contributed by atoms with Crippen LogP contribution in [0.25, 0.3) is 0 Å². The van der Waals surface area contributed by atoms with E-state index in [-0.39, 0.29) is 12.6 Å². The van der Waals surface area contributed by atoms with Crippen LogP contribution in [0.5, 0.6) is 0 Å². The SMILES string of the molecule is CO[C@H]1CN(C2CCN(Cc3ccco3)CC2)C[C@H]1Cc1cc(C)no1.O=CO. The molecular formula is C21H31N3O5. The molecule has 8 nitrogen and oxygen atoms in total. The van der Waals surface area contributed by atoms with Gasteiger partial charge in [-0.2, -0.15) is 0 Å². The van der Waals surface area contributed by atoms with Crippen LogP contribution in [0, 0.1) is 12.8 Å². The lowest BCUT2D eigenvalue weighted by molar-refractivity contribution is -0.122. The molecule has 0 radical (unpaired) electrons. The number of hydrogen-bond donors (Lipinski definition) is 1. The molecule has 0 amide bonds. The second kappa shape index (κ2) is 10.6. The number of aromatic nitrogens is 1. The number of piperidine rings is 1. The summed E-state index contributed by atoms with van der Waals surface area (Å²) in [5, 5.41) is 10.9. The van der Waals surface area contributed by atoms with Crippen LogP contribution in [0.15, 0.2) is 33.4 Å². The Morgan fingerprint density at radius 3 is 2.66 bits per heavy atom. The van der Waals surface area contributed by atoms with Gasteiger partial charge >= 0.3 is 0 Å². The smallest absolute Gasteiger partial charge is 0.290 e. The van der Waals surface area contributed by atoms with Crippen molar-refractivity contribution < 1.29 is 23.6 Å². The fraction of sp³-hybridized carbons (Fsp3) is 0.619. The Labute approximate surface area is 171 Å². The van der Waals surface area contributed by atoms with Crippen molar-refractivity contribution in [2.24, 2.45) is 5.92 Å². The van der Waals surface area contributed by atoms with Crippen LogP contribution in [-0.4, -0.2) is 72.0 Å². The quantitative estimate of drug-likeness (QED) is 0.733. The predicted octanol–water partition coefficient (Wildman–Crippen LogP) is 2.43. The van der Waals surface area contributed by atoms with Crippen LogP contribution in [0.4, 0.5) is 0 Å². The molecule has 0 aliphatic carbocycles. The van der Waals surface area contributed by atoms with Gasteiger partial charge in [0.25, 0.3) is 6.47 Å². The van der Waals surface area contributed by atoms with Crippen molar-refractivity contribution in [1.29, 1.82) is 0 Å². The molecule has 29 heavy (non-hydrogen) atoms. The van der Waals surface area contributed by atoms with Crippen molar-refractivity contribution in [2.75, 3.05) is 33.3 Å². The van der Waals surface area contributed by atoms with Crippen LogP contribution < -0.4 is 0 Å². The fourth-order valence-corrected chi connectivity index (χ4v) is 4.47. The molecule has 8 heteroatoms. The highest BCUT2D eigenvalue weighted by Gasteiger charge is 2.37. The predicted molar refractivity (Wildman–Crippen MR) is 107 cm³/mol. The first kappa shape index (κ1) is 21.5. The summed E-state index contributed by atoms with van der Waals surface area (Å²) in [6.45, 7) is 7.02. The van der Waals surface area contributed by atoms with Crippen molar-refractivity contribution in [1.82, 2.24) is 15.0 Å². The summed E-state index contributed by atoms with van der Waals surface area (Å²) in [5.41, 5.74) is 0.952. The Balaban J connectivity index is 0.000000755. The van der Waals surface area contributed by atoms with Gasteiger partial charge in [0, 0.05) is 57.7 Å². The van der Waals surface area contributed by atoms with Gasteiger partial charge in [0.2, 0.25) is 0 Å². The zero-order chi connectivity index (χ0) is 20.6. The molecule has 1 N–H and O–H groups in total. The molecule has 0 unspecified atom stereocenters. The third kappa shape index (κ3) is 5.91. The first-order valence-electron chi connectivity index (χ1n) is 10.1. The van der Waals surface area contributed by atoms with Crippen molar-refractivity contribution in [3.05, 3.63) is 41.7 Å². The van der Waals surface area contributed by atoms with E-state index in [1.807, 2.05) is 26.2 Å². The van der Waals surface area contributed by atoms with Crippen LogP contribution >= 0.6 is 0 Å². The Hall–Kier alpha value is -2.16. The Morgan fingerprint density at radius 2 is 2.07 bits per heavy atom. The van der Waals surface area contributed by atoms with Gasteiger partial charge in [-0.1, -0.05) is 5.16 Å². The van der Waals surface area contributed by atoms with E-state index in [2.05, 4.69) is 21.0 Å². The van der Waals surface area contributed by atoms with Crippen LogP contribution in [0.3, 0.4) is 0 Å². The maximum atomic E-state index is 8.36. The number of hydrogen-bond acceptors (Lipinski definition) is 7. The first-order chi connectivity index (χ1) is 14.1. The second-order valence-corrected chi connectivity index (χ2v) is 7.82. The van der Waals surface area contributed by atoms with Crippen LogP contribution in [-0.2, 0) is 22.5 Å². The van der Waals surface area contributed by atoms with Gasteiger partial charge in [-0.15, -0.1) is 0 Å². The number of likely N-dealkylation sites (tertiary alicyclic amines) is 2. The molecule has 4 rings (SSSR count). The van der Waals surface area contributed by atoms with E-state index in [1.165, 1.54) is 12.8 Å². The summed E-state index contributed by atoms with van der Waals surface area (Å²) in [6, 6.07) is 6.73. The number of methoxy groups -OCH3 is 1. The molecule has 2 aliphatic rings. The van der Waals surface area contributed by atoms with Gasteiger partial charge < -0.3 is 18.8 Å². The maximum Gasteiger partial charge on any atom is 0.290 e. The van der Waals surface area contributed by atoms with Gasteiger partial charge in [-0.3, -0.25) is 14.6 Å². The highest BCUT2D eigenvalue weighted by Crippen LogP contribution is 2.29. The van der Waals surface area contributed by atoms with Gasteiger partial charge in [-0.25, -0.2) is 0 Å². The number of rotatable bonds is 6. The highest BCUT2D eigenvalue weighted by molar-refractivity contribution is 5.32. The molecule has 4 heterocycles. The molecule has 0 aromatic carbocycles. The molecule has 160 valence electrons. The zero-order valence-electron chi connectivity index (χ0n) is 17.2. The topological polar surface area (TPSA) is 92.2 Å². The van der Waals surface area contributed by atoms with Crippen molar-refractivity contribution in [3.63, 3.8) is 0 Å². The third-order valence-corrected chi connectivity index (χ3v) is 5.89. The van der Waals surface area contributed by atoms with Gasteiger partial charge in [0.05, 0.1) is 24.6 Å². The Kier molecular flexibility index (Phi) is 7.85. The summed E-state index contributed by atoms with van der Waals surface area (Å²) >= 11 is 0. The summed E-state index contributed by atoms with van der Waals surface area (Å²) in [7, 11) is 1.83. The second-order valence-electron chi connectivity index (χ2n) is 7.82. The normalized spacial score (nSPS) is 23.7. The van der Waals surface area contributed by atoms with E-state index in [0.29, 0.717) is 12.0 Å². The number of carbonyl (C=O) groups is 1. The number of ether oxygens (including phenoxy) is 1. The maximum absolute atomic E-state index is 8.36. The van der Waals surface area contributed by atoms with E-state index in [1.54, 1.807) is 6.26 Å². The minimum absolute atomic E-state index is 0.250. The van der Waals surface area contributed by atoms with Gasteiger partial charge in [0.15, 0.2) is 0 Å². The van der Waals surface area contributed by atoms with E-state index in [0.717, 1.165) is 56.4 Å². The average Bonchev–Trinajstić information content (AvgIpc) is 3.45. The first-order valence-corrected chi connectivity index (χ1v) is 10.1. The molecule has 0 saturated carbocycles.